The highest BCUT2D eigenvalue weighted by atomic mass is 19.4. The molecule has 0 radical (unpaired) electrons. The fraction of sp³-hybridized carbons (Fsp3) is 0.444. The van der Waals surface area contributed by atoms with Gasteiger partial charge in [-0.1, -0.05) is 0 Å². The van der Waals surface area contributed by atoms with E-state index < -0.39 is 22.5 Å². The Balaban J connectivity index is 2.36. The summed E-state index contributed by atoms with van der Waals surface area (Å²) in [6, 6.07) is 0.758. The van der Waals surface area contributed by atoms with Crippen LogP contribution < -0.4 is 4.74 Å². The summed E-state index contributed by atoms with van der Waals surface area (Å²) in [6.45, 7) is 0. The highest BCUT2D eigenvalue weighted by Gasteiger charge is 2.40. The van der Waals surface area contributed by atoms with Gasteiger partial charge < -0.3 is 4.74 Å². The van der Waals surface area contributed by atoms with Crippen molar-refractivity contribution in [2.75, 3.05) is 0 Å². The van der Waals surface area contributed by atoms with Gasteiger partial charge in [-0.25, -0.2) is 4.98 Å². The lowest BCUT2D eigenvalue weighted by Gasteiger charge is -2.08. The van der Waals surface area contributed by atoms with Crippen molar-refractivity contribution < 1.29 is 22.8 Å². The molecule has 0 atom stereocenters. The van der Waals surface area contributed by atoms with Gasteiger partial charge in [0.15, 0.2) is 0 Å². The van der Waals surface area contributed by atoms with Crippen LogP contribution in [0.5, 0.6) is 5.75 Å². The second-order valence-corrected chi connectivity index (χ2v) is 3.61. The molecular formula is C9H7F3N2O3. The second kappa shape index (κ2) is 3.86. The van der Waals surface area contributed by atoms with Gasteiger partial charge in [0.1, 0.15) is 5.75 Å². The third kappa shape index (κ3) is 2.63. The van der Waals surface area contributed by atoms with Crippen LogP contribution in [-0.4, -0.2) is 16.0 Å². The maximum atomic E-state index is 12.4. The minimum Gasteiger partial charge on any atom is -0.489 e. The zero-order chi connectivity index (χ0) is 12.6. The molecule has 0 saturated heterocycles. The van der Waals surface area contributed by atoms with Gasteiger partial charge >= 0.3 is 11.9 Å². The first-order chi connectivity index (χ1) is 7.88. The number of hydrogen-bond donors (Lipinski definition) is 0. The molecule has 8 heteroatoms. The summed E-state index contributed by atoms with van der Waals surface area (Å²) >= 11 is 0. The molecule has 0 aromatic carbocycles. The average molecular weight is 248 g/mol. The van der Waals surface area contributed by atoms with Gasteiger partial charge in [-0.2, -0.15) is 13.2 Å². The number of halogens is 3. The summed E-state index contributed by atoms with van der Waals surface area (Å²) in [6.07, 6.45) is -2.45. The lowest BCUT2D eigenvalue weighted by molar-refractivity contribution is -0.388. The number of aromatic nitrogens is 1. The molecule has 1 heterocycles. The normalized spacial score (nSPS) is 15.7. The number of rotatable bonds is 3. The molecule has 0 spiro atoms. The fourth-order valence-corrected chi connectivity index (χ4v) is 1.24. The molecule has 1 aromatic heterocycles. The average Bonchev–Trinajstić information content (AvgIpc) is 2.99. The zero-order valence-corrected chi connectivity index (χ0v) is 8.40. The smallest absolute Gasteiger partial charge is 0.440 e. The van der Waals surface area contributed by atoms with Crippen molar-refractivity contribution in [2.45, 2.75) is 25.1 Å². The van der Waals surface area contributed by atoms with E-state index in [0.29, 0.717) is 0 Å². The molecule has 0 aliphatic heterocycles. The van der Waals surface area contributed by atoms with Crippen molar-refractivity contribution in [1.82, 2.24) is 4.98 Å². The van der Waals surface area contributed by atoms with E-state index in [4.69, 9.17) is 4.74 Å². The summed E-state index contributed by atoms with van der Waals surface area (Å²) in [4.78, 5) is 12.5. The first kappa shape index (κ1) is 11.6. The molecule has 1 fully saturated rings. The Bertz CT molecular complexity index is 457. The van der Waals surface area contributed by atoms with Crippen molar-refractivity contribution in [2.24, 2.45) is 0 Å². The SMILES string of the molecule is O=[N+]([O-])c1cc(OC2CC2)cnc1C(F)(F)F. The highest BCUT2D eigenvalue weighted by molar-refractivity contribution is 5.42. The highest BCUT2D eigenvalue weighted by Crippen LogP contribution is 2.37. The lowest BCUT2D eigenvalue weighted by atomic mass is 10.3. The Labute approximate surface area is 93.4 Å². The van der Waals surface area contributed by atoms with Crippen LogP contribution in [0.1, 0.15) is 18.5 Å². The van der Waals surface area contributed by atoms with Crippen molar-refractivity contribution in [3.05, 3.63) is 28.1 Å². The largest absolute Gasteiger partial charge is 0.489 e. The Morgan fingerprint density at radius 1 is 1.47 bits per heavy atom. The number of pyridine rings is 1. The van der Waals surface area contributed by atoms with Crippen LogP contribution >= 0.6 is 0 Å². The molecule has 0 N–H and O–H groups in total. The molecule has 1 aliphatic carbocycles. The summed E-state index contributed by atoms with van der Waals surface area (Å²) in [5, 5.41) is 10.5. The van der Waals surface area contributed by atoms with Gasteiger partial charge in [0.05, 0.1) is 23.3 Å². The minimum absolute atomic E-state index is 0.00722. The van der Waals surface area contributed by atoms with Crippen LogP contribution in [-0.2, 0) is 6.18 Å². The number of nitro groups is 1. The van der Waals surface area contributed by atoms with E-state index in [-0.39, 0.29) is 11.9 Å². The van der Waals surface area contributed by atoms with Crippen molar-refractivity contribution in [3.63, 3.8) is 0 Å². The molecule has 0 bridgehead atoms. The molecule has 1 saturated carbocycles. The molecule has 17 heavy (non-hydrogen) atoms. The van der Waals surface area contributed by atoms with Crippen LogP contribution in [0.4, 0.5) is 18.9 Å². The number of ether oxygens (including phenoxy) is 1. The van der Waals surface area contributed by atoms with E-state index in [1.54, 1.807) is 0 Å². The van der Waals surface area contributed by atoms with Gasteiger partial charge in [-0.15, -0.1) is 0 Å². The topological polar surface area (TPSA) is 65.3 Å². The Hall–Kier alpha value is -1.86. The van der Waals surface area contributed by atoms with Crippen molar-refractivity contribution >= 4 is 5.69 Å². The summed E-state index contributed by atoms with van der Waals surface area (Å²) in [7, 11) is 0. The predicted octanol–water partition coefficient (Wildman–Crippen LogP) is 2.55. The van der Waals surface area contributed by atoms with E-state index in [1.807, 2.05) is 0 Å². The first-order valence-corrected chi connectivity index (χ1v) is 4.76. The monoisotopic (exact) mass is 248 g/mol. The van der Waals surface area contributed by atoms with Crippen molar-refractivity contribution in [1.29, 1.82) is 0 Å². The summed E-state index contributed by atoms with van der Waals surface area (Å²) in [5.41, 5.74) is -2.60. The van der Waals surface area contributed by atoms with Crippen LogP contribution in [0.2, 0.25) is 0 Å². The number of hydrogen-bond acceptors (Lipinski definition) is 4. The van der Waals surface area contributed by atoms with Crippen LogP contribution in [0.15, 0.2) is 12.3 Å². The molecule has 92 valence electrons. The fourth-order valence-electron chi connectivity index (χ4n) is 1.24. The third-order valence-electron chi connectivity index (χ3n) is 2.13. The molecular weight excluding hydrogens is 241 g/mol. The predicted molar refractivity (Wildman–Crippen MR) is 49.5 cm³/mol. The summed E-state index contributed by atoms with van der Waals surface area (Å²) < 4.78 is 42.4. The van der Waals surface area contributed by atoms with Gasteiger partial charge in [0.2, 0.25) is 5.69 Å². The maximum Gasteiger partial charge on any atom is 0.440 e. The standard InChI is InChI=1S/C9H7F3N2O3/c10-9(11,12)8-7(14(15)16)3-6(4-13-8)17-5-1-2-5/h3-5H,1-2H2. The zero-order valence-electron chi connectivity index (χ0n) is 8.40. The Morgan fingerprint density at radius 2 is 2.12 bits per heavy atom. The van der Waals surface area contributed by atoms with Gasteiger partial charge in [0, 0.05) is 0 Å². The van der Waals surface area contributed by atoms with E-state index in [1.165, 1.54) is 0 Å². The van der Waals surface area contributed by atoms with Crippen LogP contribution in [0, 0.1) is 10.1 Å². The molecule has 1 aliphatic rings. The maximum absolute atomic E-state index is 12.4. The van der Waals surface area contributed by atoms with E-state index in [9.17, 15) is 23.3 Å². The molecule has 5 nitrogen and oxygen atoms in total. The summed E-state index contributed by atoms with van der Waals surface area (Å²) in [5.74, 6) is -0.00722. The lowest BCUT2D eigenvalue weighted by Crippen LogP contribution is -2.12. The number of alkyl halides is 3. The number of nitrogens with zero attached hydrogens (tertiary/aromatic N) is 2. The van der Waals surface area contributed by atoms with Gasteiger partial charge in [-0.05, 0) is 12.8 Å². The van der Waals surface area contributed by atoms with Crippen LogP contribution in [0.25, 0.3) is 0 Å². The molecule has 0 unspecified atom stereocenters. The minimum atomic E-state index is -4.85. The molecule has 2 rings (SSSR count). The third-order valence-corrected chi connectivity index (χ3v) is 2.13. The van der Waals surface area contributed by atoms with Gasteiger partial charge in [0.25, 0.3) is 0 Å². The van der Waals surface area contributed by atoms with E-state index in [0.717, 1.165) is 25.1 Å². The second-order valence-electron chi connectivity index (χ2n) is 3.61. The first-order valence-electron chi connectivity index (χ1n) is 4.76. The Kier molecular flexibility index (Phi) is 2.64. The van der Waals surface area contributed by atoms with E-state index in [2.05, 4.69) is 4.98 Å². The van der Waals surface area contributed by atoms with Gasteiger partial charge in [-0.3, -0.25) is 10.1 Å². The Morgan fingerprint density at radius 3 is 2.59 bits per heavy atom. The van der Waals surface area contributed by atoms with E-state index >= 15 is 0 Å². The van der Waals surface area contributed by atoms with Crippen LogP contribution in [0.3, 0.4) is 0 Å². The molecule has 0 amide bonds. The molecule has 1 aromatic rings. The van der Waals surface area contributed by atoms with Crippen molar-refractivity contribution in [3.8, 4) is 5.75 Å². The quantitative estimate of drug-likeness (QED) is 0.609.